The van der Waals surface area contributed by atoms with Gasteiger partial charge in [0.1, 0.15) is 0 Å². The number of halogens is 1. The second-order valence-corrected chi connectivity index (χ2v) is 0.825. The fourth-order valence-corrected chi connectivity index (χ4v) is 0.122. The summed E-state index contributed by atoms with van der Waals surface area (Å²) in [5.74, 6) is 0. The summed E-state index contributed by atoms with van der Waals surface area (Å²) in [7, 11) is 0. The van der Waals surface area contributed by atoms with Crippen LogP contribution in [0.15, 0.2) is 12.3 Å². The van der Waals surface area contributed by atoms with Crippen molar-refractivity contribution >= 4 is 6.22 Å². The number of carbonyl (C=O) groups is 1. The van der Waals surface area contributed by atoms with Gasteiger partial charge in [-0.15, -0.1) is 4.39 Å². The van der Waals surface area contributed by atoms with E-state index < -0.39 is 6.22 Å². The summed E-state index contributed by atoms with van der Waals surface area (Å²) in [6, 6.07) is 0. The number of allylic oxidation sites excluding steroid dienone is 1. The van der Waals surface area contributed by atoms with Gasteiger partial charge >= 0.3 is 6.22 Å². The highest BCUT2D eigenvalue weighted by atomic mass is 19.1. The molecule has 0 unspecified atom stereocenters. The highest BCUT2D eigenvalue weighted by Crippen LogP contribution is 1.81. The molecular formula is C4H5FO2. The lowest BCUT2D eigenvalue weighted by Gasteiger charge is -1.80. The van der Waals surface area contributed by atoms with E-state index in [0.29, 0.717) is 0 Å². The molecular weight excluding hydrogens is 99.0 g/mol. The molecule has 0 spiro atoms. The maximum Gasteiger partial charge on any atom is 0.500 e. The van der Waals surface area contributed by atoms with Crippen LogP contribution in [-0.2, 0) is 4.74 Å². The van der Waals surface area contributed by atoms with Crippen LogP contribution in [0, 0.1) is 0 Å². The molecule has 0 aliphatic rings. The predicted molar refractivity (Wildman–Crippen MR) is 22.4 cm³/mol. The minimum absolute atomic E-state index is 0.975. The maximum absolute atomic E-state index is 11.0. The van der Waals surface area contributed by atoms with E-state index in [4.69, 9.17) is 0 Å². The molecule has 3 heteroatoms. The first-order chi connectivity index (χ1) is 3.27. The Morgan fingerprint density at radius 1 is 1.86 bits per heavy atom. The average molecular weight is 104 g/mol. The van der Waals surface area contributed by atoms with Gasteiger partial charge in [0.15, 0.2) is 0 Å². The van der Waals surface area contributed by atoms with E-state index >= 15 is 0 Å². The third kappa shape index (κ3) is 5.14. The summed E-state index contributed by atoms with van der Waals surface area (Å²) in [5.41, 5.74) is 0. The van der Waals surface area contributed by atoms with Gasteiger partial charge in [-0.1, -0.05) is 6.08 Å². The number of ether oxygens (including phenoxy) is 1. The first kappa shape index (κ1) is 6.14. The normalized spacial score (nSPS) is 9.43. The number of hydrogen-bond acceptors (Lipinski definition) is 2. The maximum atomic E-state index is 11.0. The summed E-state index contributed by atoms with van der Waals surface area (Å²) in [6.07, 6.45) is 0.609. The highest BCUT2D eigenvalue weighted by Gasteiger charge is 1.88. The molecule has 0 aliphatic heterocycles. The highest BCUT2D eigenvalue weighted by molar-refractivity contribution is 5.58. The van der Waals surface area contributed by atoms with Crippen LogP contribution < -0.4 is 0 Å². The van der Waals surface area contributed by atoms with Gasteiger partial charge in [-0.05, 0) is 6.92 Å². The van der Waals surface area contributed by atoms with Gasteiger partial charge in [-0.3, -0.25) is 0 Å². The second-order valence-electron chi connectivity index (χ2n) is 0.825. The molecule has 0 aromatic rings. The van der Waals surface area contributed by atoms with Crippen LogP contribution in [0.5, 0.6) is 0 Å². The Balaban J connectivity index is 3.14. The first-order valence-electron chi connectivity index (χ1n) is 1.74. The Labute approximate surface area is 40.6 Å². The SMILES string of the molecule is CC=COC(=O)F. The Morgan fingerprint density at radius 2 is 2.43 bits per heavy atom. The number of rotatable bonds is 1. The molecule has 0 saturated heterocycles. The Morgan fingerprint density at radius 3 is 2.57 bits per heavy atom. The van der Waals surface area contributed by atoms with E-state index in [0.717, 1.165) is 6.26 Å². The molecule has 0 saturated carbocycles. The van der Waals surface area contributed by atoms with Crippen molar-refractivity contribution in [1.29, 1.82) is 0 Å². The molecule has 7 heavy (non-hydrogen) atoms. The summed E-state index contributed by atoms with van der Waals surface area (Å²) in [4.78, 5) is 9.26. The van der Waals surface area contributed by atoms with E-state index in [1.54, 1.807) is 6.92 Å². The van der Waals surface area contributed by atoms with Gasteiger partial charge in [-0.25, -0.2) is 4.79 Å². The van der Waals surface area contributed by atoms with Gasteiger partial charge in [0.05, 0.1) is 6.26 Å². The quantitative estimate of drug-likeness (QED) is 0.373. The molecule has 0 aliphatic carbocycles. The zero-order valence-corrected chi connectivity index (χ0v) is 3.85. The van der Waals surface area contributed by atoms with E-state index in [2.05, 4.69) is 4.74 Å². The van der Waals surface area contributed by atoms with Gasteiger partial charge in [-0.2, -0.15) is 0 Å². The third-order valence-electron chi connectivity index (χ3n) is 0.297. The Kier molecular flexibility index (Phi) is 2.92. The molecule has 0 radical (unpaired) electrons. The lowest BCUT2D eigenvalue weighted by atomic mass is 10.7. The molecule has 0 aromatic carbocycles. The minimum Gasteiger partial charge on any atom is -0.409 e. The number of carbonyl (C=O) groups excluding carboxylic acids is 1. The van der Waals surface area contributed by atoms with E-state index in [1.165, 1.54) is 6.08 Å². The van der Waals surface area contributed by atoms with Gasteiger partial charge in [0.2, 0.25) is 0 Å². The minimum atomic E-state index is -1.78. The van der Waals surface area contributed by atoms with Crippen LogP contribution in [0.1, 0.15) is 6.92 Å². The first-order valence-corrected chi connectivity index (χ1v) is 1.74. The zero-order valence-electron chi connectivity index (χ0n) is 3.85. The van der Waals surface area contributed by atoms with Crippen molar-refractivity contribution in [1.82, 2.24) is 0 Å². The molecule has 0 aromatic heterocycles. The summed E-state index contributed by atoms with van der Waals surface area (Å²) >= 11 is 0. The van der Waals surface area contributed by atoms with Gasteiger partial charge < -0.3 is 4.74 Å². The standard InChI is InChI=1S/C4H5FO2/c1-2-3-7-4(5)6/h2-3H,1H3. The number of hydrogen-bond donors (Lipinski definition) is 0. The van der Waals surface area contributed by atoms with Crippen LogP contribution in [0.2, 0.25) is 0 Å². The molecule has 2 nitrogen and oxygen atoms in total. The third-order valence-corrected chi connectivity index (χ3v) is 0.297. The van der Waals surface area contributed by atoms with Crippen LogP contribution >= 0.6 is 0 Å². The molecule has 0 N–H and O–H groups in total. The van der Waals surface area contributed by atoms with Crippen molar-refractivity contribution in [3.8, 4) is 0 Å². The summed E-state index contributed by atoms with van der Waals surface area (Å²) < 4.78 is 14.7. The summed E-state index contributed by atoms with van der Waals surface area (Å²) in [6.45, 7) is 1.61. The summed E-state index contributed by atoms with van der Waals surface area (Å²) in [5, 5.41) is 0. The average Bonchev–Trinajstić information content (AvgIpc) is 1.61. The molecule has 0 rings (SSSR count). The van der Waals surface area contributed by atoms with Crippen LogP contribution in [0.25, 0.3) is 0 Å². The topological polar surface area (TPSA) is 26.3 Å². The van der Waals surface area contributed by atoms with Crippen molar-refractivity contribution < 1.29 is 13.9 Å². The lowest BCUT2D eigenvalue weighted by Crippen LogP contribution is -1.82. The fraction of sp³-hybridized carbons (Fsp3) is 0.250. The molecule has 0 bridgehead atoms. The fourth-order valence-electron chi connectivity index (χ4n) is 0.122. The van der Waals surface area contributed by atoms with Crippen molar-refractivity contribution in [2.24, 2.45) is 0 Å². The van der Waals surface area contributed by atoms with Crippen molar-refractivity contribution in [3.05, 3.63) is 12.3 Å². The van der Waals surface area contributed by atoms with Gasteiger partial charge in [0.25, 0.3) is 0 Å². The van der Waals surface area contributed by atoms with Crippen molar-refractivity contribution in [2.45, 2.75) is 6.92 Å². The second kappa shape index (κ2) is 3.33. The lowest BCUT2D eigenvalue weighted by molar-refractivity contribution is 0.159. The Hall–Kier alpha value is -0.860. The molecule has 40 valence electrons. The van der Waals surface area contributed by atoms with E-state index in [-0.39, 0.29) is 0 Å². The smallest absolute Gasteiger partial charge is 0.409 e. The van der Waals surface area contributed by atoms with Crippen LogP contribution in [0.3, 0.4) is 0 Å². The molecule has 0 heterocycles. The molecule has 0 fully saturated rings. The predicted octanol–water partition coefficient (Wildman–Crippen LogP) is 1.63. The van der Waals surface area contributed by atoms with Crippen LogP contribution in [-0.4, -0.2) is 6.22 Å². The Bertz CT molecular complexity index is 87.7. The monoisotopic (exact) mass is 104 g/mol. The van der Waals surface area contributed by atoms with Crippen molar-refractivity contribution in [2.75, 3.05) is 0 Å². The van der Waals surface area contributed by atoms with E-state index in [1.807, 2.05) is 0 Å². The zero-order chi connectivity index (χ0) is 5.70. The van der Waals surface area contributed by atoms with Crippen LogP contribution in [0.4, 0.5) is 9.18 Å². The van der Waals surface area contributed by atoms with E-state index in [9.17, 15) is 9.18 Å². The van der Waals surface area contributed by atoms with Crippen molar-refractivity contribution in [3.63, 3.8) is 0 Å². The molecule has 0 amide bonds. The molecule has 0 atom stereocenters. The largest absolute Gasteiger partial charge is 0.500 e. The van der Waals surface area contributed by atoms with Gasteiger partial charge in [0, 0.05) is 0 Å².